The van der Waals surface area contributed by atoms with E-state index in [1.165, 1.54) is 16.7 Å². The lowest BCUT2D eigenvalue weighted by atomic mass is 10.1. The van der Waals surface area contributed by atoms with Gasteiger partial charge in [0.2, 0.25) is 0 Å². The molecule has 2 heteroatoms. The topological polar surface area (TPSA) is 15.5 Å². The summed E-state index contributed by atoms with van der Waals surface area (Å²) in [7, 11) is 0. The zero-order valence-electron chi connectivity index (χ0n) is 10.7. The van der Waals surface area contributed by atoms with Crippen LogP contribution >= 0.6 is 0 Å². The van der Waals surface area contributed by atoms with E-state index < -0.39 is 0 Å². The van der Waals surface area contributed by atoms with E-state index in [0.717, 1.165) is 0 Å². The maximum Gasteiger partial charge on any atom is 0.180 e. The van der Waals surface area contributed by atoms with Crippen molar-refractivity contribution in [3.63, 3.8) is 0 Å². The summed E-state index contributed by atoms with van der Waals surface area (Å²) in [5.74, 6) is 0. The van der Waals surface area contributed by atoms with Crippen molar-refractivity contribution in [3.8, 4) is 0 Å². The standard InChI is InChI=1S/C16H17NO/c1-12-8-10-15(11-9-12)16-17(18-16)13(2)14-6-4-3-5-7-14/h3-11,13,16H,1-2H3/t13-,16-,17?/m1/s1. The fourth-order valence-electron chi connectivity index (χ4n) is 2.20. The van der Waals surface area contributed by atoms with Crippen LogP contribution in [0, 0.1) is 6.92 Å². The second kappa shape index (κ2) is 4.56. The third-order valence-electron chi connectivity index (χ3n) is 3.43. The Labute approximate surface area is 108 Å². The van der Waals surface area contributed by atoms with Crippen molar-refractivity contribution < 1.29 is 4.84 Å². The number of hydrogen-bond acceptors (Lipinski definition) is 2. The van der Waals surface area contributed by atoms with Gasteiger partial charge in [-0.15, -0.1) is 5.06 Å². The van der Waals surface area contributed by atoms with Crippen LogP contribution in [0.25, 0.3) is 0 Å². The molecule has 3 atom stereocenters. The molecule has 1 aliphatic heterocycles. The van der Waals surface area contributed by atoms with Crippen molar-refractivity contribution in [2.45, 2.75) is 26.1 Å². The summed E-state index contributed by atoms with van der Waals surface area (Å²) < 4.78 is 0. The summed E-state index contributed by atoms with van der Waals surface area (Å²) in [4.78, 5) is 5.69. The van der Waals surface area contributed by atoms with E-state index in [9.17, 15) is 0 Å². The highest BCUT2D eigenvalue weighted by atomic mass is 16.8. The lowest BCUT2D eigenvalue weighted by Crippen LogP contribution is -2.05. The van der Waals surface area contributed by atoms with E-state index in [2.05, 4.69) is 62.4 Å². The molecule has 1 unspecified atom stereocenters. The molecule has 0 amide bonds. The van der Waals surface area contributed by atoms with Crippen LogP contribution in [0.1, 0.15) is 35.9 Å². The highest BCUT2D eigenvalue weighted by Gasteiger charge is 2.42. The molecule has 2 aromatic carbocycles. The first kappa shape index (κ1) is 11.5. The van der Waals surface area contributed by atoms with Crippen LogP contribution in [0.3, 0.4) is 0 Å². The first-order valence-electron chi connectivity index (χ1n) is 6.32. The third kappa shape index (κ3) is 2.17. The van der Waals surface area contributed by atoms with E-state index >= 15 is 0 Å². The SMILES string of the molecule is Cc1ccc([C@H]2ON2[C@H](C)c2ccccc2)cc1. The molecule has 0 aromatic heterocycles. The van der Waals surface area contributed by atoms with Crippen LogP contribution in [0.5, 0.6) is 0 Å². The molecular weight excluding hydrogens is 222 g/mol. The Morgan fingerprint density at radius 1 is 1.00 bits per heavy atom. The molecule has 0 N–H and O–H groups in total. The Morgan fingerprint density at radius 3 is 2.33 bits per heavy atom. The molecule has 1 aliphatic rings. The molecule has 0 spiro atoms. The number of benzene rings is 2. The van der Waals surface area contributed by atoms with Crippen molar-refractivity contribution in [1.29, 1.82) is 0 Å². The van der Waals surface area contributed by atoms with E-state index in [0.29, 0.717) is 0 Å². The molecule has 2 aromatic rings. The molecule has 18 heavy (non-hydrogen) atoms. The molecule has 3 rings (SSSR count). The number of rotatable bonds is 3. The van der Waals surface area contributed by atoms with Gasteiger partial charge >= 0.3 is 0 Å². The minimum Gasteiger partial charge on any atom is -0.269 e. The molecule has 0 aliphatic carbocycles. The number of hydrogen-bond donors (Lipinski definition) is 0. The monoisotopic (exact) mass is 239 g/mol. The van der Waals surface area contributed by atoms with Crippen molar-refractivity contribution in [2.24, 2.45) is 0 Å². The number of nitrogens with zero attached hydrogens (tertiary/aromatic N) is 1. The van der Waals surface area contributed by atoms with Gasteiger partial charge in [0, 0.05) is 0 Å². The fraction of sp³-hybridized carbons (Fsp3) is 0.250. The lowest BCUT2D eigenvalue weighted by molar-refractivity contribution is 0.155. The van der Waals surface area contributed by atoms with E-state index in [-0.39, 0.29) is 12.3 Å². The van der Waals surface area contributed by atoms with E-state index in [1.807, 2.05) is 11.1 Å². The predicted octanol–water partition coefficient (Wildman–Crippen LogP) is 4.00. The Hall–Kier alpha value is -1.64. The zero-order valence-corrected chi connectivity index (χ0v) is 10.7. The minimum atomic E-state index is 0.112. The largest absolute Gasteiger partial charge is 0.269 e. The minimum absolute atomic E-state index is 0.112. The van der Waals surface area contributed by atoms with Crippen LogP contribution in [-0.2, 0) is 4.84 Å². The van der Waals surface area contributed by atoms with E-state index in [1.54, 1.807) is 0 Å². The van der Waals surface area contributed by atoms with Gasteiger partial charge in [-0.05, 0) is 25.0 Å². The van der Waals surface area contributed by atoms with Gasteiger partial charge in [0.15, 0.2) is 6.23 Å². The van der Waals surface area contributed by atoms with Gasteiger partial charge in [-0.2, -0.15) is 0 Å². The van der Waals surface area contributed by atoms with Crippen molar-refractivity contribution in [3.05, 3.63) is 71.3 Å². The molecule has 0 radical (unpaired) electrons. The molecular formula is C16H17NO. The smallest absolute Gasteiger partial charge is 0.180 e. The van der Waals surface area contributed by atoms with Crippen molar-refractivity contribution >= 4 is 0 Å². The average molecular weight is 239 g/mol. The van der Waals surface area contributed by atoms with Gasteiger partial charge in [0.1, 0.15) is 0 Å². The molecule has 0 bridgehead atoms. The average Bonchev–Trinajstić information content (AvgIpc) is 3.20. The van der Waals surface area contributed by atoms with Gasteiger partial charge < -0.3 is 0 Å². The molecule has 0 saturated carbocycles. The van der Waals surface area contributed by atoms with Crippen LogP contribution in [0.2, 0.25) is 0 Å². The Bertz CT molecular complexity index is 521. The van der Waals surface area contributed by atoms with Crippen LogP contribution in [-0.4, -0.2) is 5.06 Å². The van der Waals surface area contributed by atoms with Gasteiger partial charge in [0.05, 0.1) is 6.04 Å². The van der Waals surface area contributed by atoms with Crippen molar-refractivity contribution in [2.75, 3.05) is 0 Å². The normalized spacial score (nSPS) is 23.7. The second-order valence-corrected chi connectivity index (χ2v) is 4.81. The van der Waals surface area contributed by atoms with Crippen LogP contribution < -0.4 is 0 Å². The summed E-state index contributed by atoms with van der Waals surface area (Å²) in [6.07, 6.45) is 0.112. The highest BCUT2D eigenvalue weighted by Crippen LogP contribution is 2.44. The summed E-state index contributed by atoms with van der Waals surface area (Å²) >= 11 is 0. The van der Waals surface area contributed by atoms with Gasteiger partial charge in [0.25, 0.3) is 0 Å². The third-order valence-corrected chi connectivity index (χ3v) is 3.43. The summed E-state index contributed by atoms with van der Waals surface area (Å²) in [6.45, 7) is 4.27. The lowest BCUT2D eigenvalue weighted by Gasteiger charge is -2.10. The summed E-state index contributed by atoms with van der Waals surface area (Å²) in [6, 6.07) is 19.3. The quantitative estimate of drug-likeness (QED) is 0.752. The molecule has 2 nitrogen and oxygen atoms in total. The fourth-order valence-corrected chi connectivity index (χ4v) is 2.20. The first-order valence-corrected chi connectivity index (χ1v) is 6.32. The van der Waals surface area contributed by atoms with Crippen molar-refractivity contribution in [1.82, 2.24) is 5.06 Å². The Morgan fingerprint density at radius 2 is 1.67 bits per heavy atom. The predicted molar refractivity (Wildman–Crippen MR) is 71.7 cm³/mol. The van der Waals surface area contributed by atoms with Gasteiger partial charge in [-0.3, -0.25) is 4.84 Å². The van der Waals surface area contributed by atoms with Gasteiger partial charge in [-0.25, -0.2) is 0 Å². The van der Waals surface area contributed by atoms with Crippen LogP contribution in [0.15, 0.2) is 54.6 Å². The number of aryl methyl sites for hydroxylation is 1. The maximum absolute atomic E-state index is 5.69. The maximum atomic E-state index is 5.69. The summed E-state index contributed by atoms with van der Waals surface area (Å²) in [5, 5.41) is 2.04. The summed E-state index contributed by atoms with van der Waals surface area (Å²) in [5.41, 5.74) is 3.79. The zero-order chi connectivity index (χ0) is 12.5. The Balaban J connectivity index is 1.72. The first-order chi connectivity index (χ1) is 8.75. The molecule has 1 heterocycles. The van der Waals surface area contributed by atoms with E-state index in [4.69, 9.17) is 4.84 Å². The molecule has 92 valence electrons. The highest BCUT2D eigenvalue weighted by molar-refractivity contribution is 5.25. The van der Waals surface area contributed by atoms with Gasteiger partial charge in [-0.1, -0.05) is 60.2 Å². The van der Waals surface area contributed by atoms with Crippen LogP contribution in [0.4, 0.5) is 0 Å². The Kier molecular flexibility index (Phi) is 2.90. The molecule has 1 saturated heterocycles. The second-order valence-electron chi connectivity index (χ2n) is 4.81. The number of hydroxylamine groups is 2. The molecule has 1 fully saturated rings.